The largest absolute Gasteiger partial charge is 0.433 e. The van der Waals surface area contributed by atoms with E-state index in [2.05, 4.69) is 5.10 Å². The van der Waals surface area contributed by atoms with E-state index in [1.54, 1.807) is 43.3 Å². The van der Waals surface area contributed by atoms with Crippen molar-refractivity contribution in [2.24, 2.45) is 5.14 Å². The SMILES string of the molecule is CSc1ccc(-c2c(-c3ccc(S(N)(=O)=O)cc3)nn(CCN(C)C)c2C(F)(F)F)cc1. The summed E-state index contributed by atoms with van der Waals surface area (Å²) < 4.78 is 66.8. The Labute approximate surface area is 189 Å². The number of nitrogens with two attached hydrogens (primary N) is 1. The molecule has 0 fully saturated rings. The second-order valence-electron chi connectivity index (χ2n) is 7.39. The molecule has 0 saturated carbocycles. The van der Waals surface area contributed by atoms with Crippen LogP contribution in [0.25, 0.3) is 22.4 Å². The predicted molar refractivity (Wildman–Crippen MR) is 120 cm³/mol. The van der Waals surface area contributed by atoms with Gasteiger partial charge in [0.15, 0.2) is 5.69 Å². The van der Waals surface area contributed by atoms with E-state index < -0.39 is 21.9 Å². The molecule has 6 nitrogen and oxygen atoms in total. The van der Waals surface area contributed by atoms with E-state index in [1.165, 1.54) is 36.0 Å². The summed E-state index contributed by atoms with van der Waals surface area (Å²) in [5, 5.41) is 9.46. The molecule has 0 aliphatic heterocycles. The predicted octanol–water partition coefficient (Wildman–Crippen LogP) is 4.17. The lowest BCUT2D eigenvalue weighted by molar-refractivity contribution is -0.143. The standard InChI is InChI=1S/C21H23F3N4O2S2/c1-27(2)12-13-28-20(21(22,23)24)18(14-4-8-16(31-3)9-5-14)19(26-28)15-6-10-17(11-7-15)32(25,29)30/h4-11H,12-13H2,1-3H3,(H2,25,29,30). The highest BCUT2D eigenvalue weighted by atomic mass is 32.2. The van der Waals surface area contributed by atoms with Crippen LogP contribution in [0.1, 0.15) is 5.69 Å². The molecule has 0 radical (unpaired) electrons. The monoisotopic (exact) mass is 484 g/mol. The third kappa shape index (κ3) is 5.34. The van der Waals surface area contributed by atoms with Gasteiger partial charge < -0.3 is 4.90 Å². The van der Waals surface area contributed by atoms with Crippen molar-refractivity contribution in [3.63, 3.8) is 0 Å². The van der Waals surface area contributed by atoms with Crippen molar-refractivity contribution in [1.29, 1.82) is 0 Å². The minimum atomic E-state index is -4.65. The fourth-order valence-corrected chi connectivity index (χ4v) is 4.17. The number of hydrogen-bond acceptors (Lipinski definition) is 5. The van der Waals surface area contributed by atoms with Crippen LogP contribution in [-0.2, 0) is 22.7 Å². The average Bonchev–Trinajstić information content (AvgIpc) is 3.12. The highest BCUT2D eigenvalue weighted by Gasteiger charge is 2.40. The molecule has 0 spiro atoms. The molecule has 32 heavy (non-hydrogen) atoms. The molecule has 0 aliphatic rings. The second-order valence-corrected chi connectivity index (χ2v) is 9.84. The highest BCUT2D eigenvalue weighted by molar-refractivity contribution is 7.98. The summed E-state index contributed by atoms with van der Waals surface area (Å²) in [4.78, 5) is 2.56. The van der Waals surface area contributed by atoms with Crippen LogP contribution in [0.15, 0.2) is 58.3 Å². The Bertz CT molecular complexity index is 1190. The quantitative estimate of drug-likeness (QED) is 0.509. The third-order valence-electron chi connectivity index (χ3n) is 4.81. The molecule has 0 amide bonds. The van der Waals surface area contributed by atoms with Gasteiger partial charge in [0.05, 0.1) is 11.4 Å². The Morgan fingerprint density at radius 2 is 1.59 bits per heavy atom. The Morgan fingerprint density at radius 1 is 1.03 bits per heavy atom. The maximum Gasteiger partial charge on any atom is 0.433 e. The van der Waals surface area contributed by atoms with Gasteiger partial charge in [0.25, 0.3) is 0 Å². The van der Waals surface area contributed by atoms with Gasteiger partial charge in [0.1, 0.15) is 5.69 Å². The number of likely N-dealkylation sites (N-methyl/N-ethyl adjacent to an activating group) is 1. The van der Waals surface area contributed by atoms with Crippen molar-refractivity contribution in [2.75, 3.05) is 26.9 Å². The lowest BCUT2D eigenvalue weighted by atomic mass is 9.98. The van der Waals surface area contributed by atoms with Gasteiger partial charge in [-0.1, -0.05) is 24.3 Å². The number of nitrogens with zero attached hydrogens (tertiary/aromatic N) is 3. The fourth-order valence-electron chi connectivity index (χ4n) is 3.24. The molecule has 0 aliphatic carbocycles. The van der Waals surface area contributed by atoms with Crippen LogP contribution in [0.3, 0.4) is 0 Å². The van der Waals surface area contributed by atoms with Gasteiger partial charge in [-0.15, -0.1) is 11.8 Å². The molecule has 172 valence electrons. The Morgan fingerprint density at radius 3 is 2.06 bits per heavy atom. The normalized spacial score (nSPS) is 12.5. The number of primary sulfonamides is 1. The zero-order valence-electron chi connectivity index (χ0n) is 17.7. The minimum absolute atomic E-state index is 0.0347. The van der Waals surface area contributed by atoms with Crippen molar-refractivity contribution in [2.45, 2.75) is 22.5 Å². The molecule has 0 unspecified atom stereocenters. The summed E-state index contributed by atoms with van der Waals surface area (Å²) in [5.41, 5.74) is -0.0461. The molecule has 1 aromatic heterocycles. The van der Waals surface area contributed by atoms with Crippen molar-refractivity contribution in [3.05, 3.63) is 54.2 Å². The molecule has 11 heteroatoms. The maximum absolute atomic E-state index is 14.2. The molecular formula is C21H23F3N4O2S2. The molecule has 3 aromatic rings. The van der Waals surface area contributed by atoms with E-state index in [4.69, 9.17) is 5.14 Å². The first-order valence-electron chi connectivity index (χ1n) is 9.52. The van der Waals surface area contributed by atoms with Gasteiger partial charge >= 0.3 is 6.18 Å². The number of benzene rings is 2. The van der Waals surface area contributed by atoms with E-state index in [0.717, 1.165) is 9.58 Å². The van der Waals surface area contributed by atoms with Crippen molar-refractivity contribution >= 4 is 21.8 Å². The minimum Gasteiger partial charge on any atom is -0.308 e. The van der Waals surface area contributed by atoms with Crippen LogP contribution < -0.4 is 5.14 Å². The number of alkyl halides is 3. The Kier molecular flexibility index (Phi) is 7.03. The second kappa shape index (κ2) is 9.26. The van der Waals surface area contributed by atoms with Crippen LogP contribution in [0.4, 0.5) is 13.2 Å². The van der Waals surface area contributed by atoms with Gasteiger partial charge in [0, 0.05) is 22.6 Å². The summed E-state index contributed by atoms with van der Waals surface area (Å²) in [6.45, 7) is 0.395. The molecule has 2 aromatic carbocycles. The number of sulfonamides is 1. The van der Waals surface area contributed by atoms with E-state index in [9.17, 15) is 21.6 Å². The van der Waals surface area contributed by atoms with Crippen LogP contribution >= 0.6 is 11.8 Å². The number of halogens is 3. The summed E-state index contributed by atoms with van der Waals surface area (Å²) >= 11 is 1.49. The van der Waals surface area contributed by atoms with E-state index in [-0.39, 0.29) is 22.7 Å². The lowest BCUT2D eigenvalue weighted by Gasteiger charge is -2.15. The van der Waals surface area contributed by atoms with Crippen LogP contribution in [0, 0.1) is 0 Å². The molecule has 0 bridgehead atoms. The molecule has 2 N–H and O–H groups in total. The number of thioether (sulfide) groups is 1. The number of hydrogen-bond donors (Lipinski definition) is 1. The third-order valence-corrected chi connectivity index (χ3v) is 6.49. The van der Waals surface area contributed by atoms with Crippen LogP contribution in [-0.4, -0.2) is 50.0 Å². The van der Waals surface area contributed by atoms with Gasteiger partial charge in [-0.25, -0.2) is 13.6 Å². The smallest absolute Gasteiger partial charge is 0.308 e. The molecule has 0 atom stereocenters. The van der Waals surface area contributed by atoms with E-state index >= 15 is 0 Å². The van der Waals surface area contributed by atoms with E-state index in [1.807, 2.05) is 6.26 Å². The zero-order valence-corrected chi connectivity index (χ0v) is 19.4. The van der Waals surface area contributed by atoms with Crippen molar-refractivity contribution in [1.82, 2.24) is 14.7 Å². The summed E-state index contributed by atoms with van der Waals surface area (Å²) in [7, 11) is -0.390. The molecular weight excluding hydrogens is 461 g/mol. The average molecular weight is 485 g/mol. The number of rotatable bonds is 7. The summed E-state index contributed by atoms with van der Waals surface area (Å²) in [6.07, 6.45) is -2.76. The first kappa shape index (κ1) is 24.3. The van der Waals surface area contributed by atoms with Crippen molar-refractivity contribution < 1.29 is 21.6 Å². The Balaban J connectivity index is 2.26. The molecule has 3 rings (SSSR count). The molecule has 0 saturated heterocycles. The van der Waals surface area contributed by atoms with E-state index in [0.29, 0.717) is 17.7 Å². The van der Waals surface area contributed by atoms with Crippen LogP contribution in [0.5, 0.6) is 0 Å². The topological polar surface area (TPSA) is 81.2 Å². The lowest BCUT2D eigenvalue weighted by Crippen LogP contribution is -2.23. The van der Waals surface area contributed by atoms with Gasteiger partial charge in [-0.2, -0.15) is 18.3 Å². The fraction of sp³-hybridized carbons (Fsp3) is 0.286. The highest BCUT2D eigenvalue weighted by Crippen LogP contribution is 2.43. The maximum atomic E-state index is 14.2. The first-order valence-corrected chi connectivity index (χ1v) is 12.3. The van der Waals surface area contributed by atoms with Crippen LogP contribution in [0.2, 0.25) is 0 Å². The molecule has 1 heterocycles. The summed E-state index contributed by atoms with van der Waals surface area (Å²) in [6, 6.07) is 12.1. The van der Waals surface area contributed by atoms with Gasteiger partial charge in [-0.05, 0) is 50.2 Å². The zero-order chi connectivity index (χ0) is 23.7. The Hall–Kier alpha value is -2.34. The first-order chi connectivity index (χ1) is 14.9. The van der Waals surface area contributed by atoms with Crippen molar-refractivity contribution in [3.8, 4) is 22.4 Å². The van der Waals surface area contributed by atoms with Gasteiger partial charge in [-0.3, -0.25) is 4.68 Å². The van der Waals surface area contributed by atoms with Gasteiger partial charge in [0.2, 0.25) is 10.0 Å². The number of aromatic nitrogens is 2. The summed E-state index contributed by atoms with van der Waals surface area (Å²) in [5.74, 6) is 0.